The molecule has 1 aromatic rings. The topological polar surface area (TPSA) is 37.3 Å². The first-order chi connectivity index (χ1) is 9.17. The second-order valence-electron chi connectivity index (χ2n) is 5.33. The van der Waals surface area contributed by atoms with Crippen LogP contribution in [0.15, 0.2) is 24.3 Å². The summed E-state index contributed by atoms with van der Waals surface area (Å²) in [6.07, 6.45) is 8.84. The zero-order valence-electron chi connectivity index (χ0n) is 12.2. The Morgan fingerprint density at radius 1 is 1.11 bits per heavy atom. The van der Waals surface area contributed by atoms with E-state index in [0.717, 1.165) is 12.3 Å². The van der Waals surface area contributed by atoms with Gasteiger partial charge in [-0.15, -0.1) is 0 Å². The number of hydrogen-bond donors (Lipinski definition) is 1. The smallest absolute Gasteiger partial charge is 0.335 e. The summed E-state index contributed by atoms with van der Waals surface area (Å²) in [5.41, 5.74) is 1.63. The highest BCUT2D eigenvalue weighted by Crippen LogP contribution is 2.19. The molecule has 0 bridgehead atoms. The minimum absolute atomic E-state index is 0.375. The van der Waals surface area contributed by atoms with Crippen LogP contribution >= 0.6 is 0 Å². The minimum atomic E-state index is -0.849. The van der Waals surface area contributed by atoms with Crippen molar-refractivity contribution in [2.75, 3.05) is 0 Å². The van der Waals surface area contributed by atoms with E-state index in [4.69, 9.17) is 5.11 Å². The molecular weight excluding hydrogens is 236 g/mol. The highest BCUT2D eigenvalue weighted by molar-refractivity contribution is 5.87. The van der Waals surface area contributed by atoms with E-state index in [-0.39, 0.29) is 0 Å². The number of hydrogen-bond acceptors (Lipinski definition) is 1. The van der Waals surface area contributed by atoms with E-state index in [2.05, 4.69) is 13.8 Å². The van der Waals surface area contributed by atoms with Crippen molar-refractivity contribution in [2.45, 2.75) is 58.8 Å². The second kappa shape index (κ2) is 8.73. The second-order valence-corrected chi connectivity index (χ2v) is 5.33. The van der Waals surface area contributed by atoms with Crippen molar-refractivity contribution in [3.8, 4) is 0 Å². The normalized spacial score (nSPS) is 12.3. The number of aromatic carboxylic acids is 1. The molecule has 1 atom stereocenters. The Bertz CT molecular complexity index is 367. The average Bonchev–Trinajstić information content (AvgIpc) is 2.42. The van der Waals surface area contributed by atoms with Crippen LogP contribution in [0.25, 0.3) is 0 Å². The van der Waals surface area contributed by atoms with Crippen LogP contribution < -0.4 is 0 Å². The first-order valence-corrected chi connectivity index (χ1v) is 7.49. The van der Waals surface area contributed by atoms with E-state index in [9.17, 15) is 4.79 Å². The number of benzene rings is 1. The van der Waals surface area contributed by atoms with Crippen LogP contribution in [0, 0.1) is 5.92 Å². The zero-order chi connectivity index (χ0) is 14.1. The van der Waals surface area contributed by atoms with Crippen molar-refractivity contribution in [3.63, 3.8) is 0 Å². The Hall–Kier alpha value is -1.31. The van der Waals surface area contributed by atoms with Gasteiger partial charge in [0, 0.05) is 0 Å². The third-order valence-electron chi connectivity index (χ3n) is 3.77. The lowest BCUT2D eigenvalue weighted by Crippen LogP contribution is -2.04. The molecule has 2 nitrogen and oxygen atoms in total. The van der Waals surface area contributed by atoms with Crippen LogP contribution in [-0.2, 0) is 6.42 Å². The number of unbranched alkanes of at least 4 members (excludes halogenated alkanes) is 3. The molecule has 0 fully saturated rings. The molecule has 1 unspecified atom stereocenters. The Balaban J connectivity index is 2.44. The lowest BCUT2D eigenvalue weighted by molar-refractivity contribution is 0.0697. The lowest BCUT2D eigenvalue weighted by Gasteiger charge is -2.14. The van der Waals surface area contributed by atoms with Gasteiger partial charge in [0.05, 0.1) is 5.56 Å². The fourth-order valence-corrected chi connectivity index (χ4v) is 2.43. The molecule has 2 heteroatoms. The van der Waals surface area contributed by atoms with Crippen molar-refractivity contribution >= 4 is 5.97 Å². The molecule has 0 aromatic heterocycles. The Morgan fingerprint density at radius 3 is 2.32 bits per heavy atom. The summed E-state index contributed by atoms with van der Waals surface area (Å²) < 4.78 is 0. The Morgan fingerprint density at radius 2 is 1.79 bits per heavy atom. The van der Waals surface area contributed by atoms with Crippen LogP contribution in [0.2, 0.25) is 0 Å². The molecule has 0 aliphatic rings. The molecule has 0 aliphatic heterocycles. The molecule has 0 amide bonds. The predicted molar refractivity (Wildman–Crippen MR) is 79.6 cm³/mol. The van der Waals surface area contributed by atoms with Gasteiger partial charge in [0.2, 0.25) is 0 Å². The highest BCUT2D eigenvalue weighted by atomic mass is 16.4. The molecule has 0 saturated carbocycles. The molecule has 1 aromatic carbocycles. The highest BCUT2D eigenvalue weighted by Gasteiger charge is 2.08. The zero-order valence-corrected chi connectivity index (χ0v) is 12.2. The minimum Gasteiger partial charge on any atom is -0.478 e. The molecule has 1 N–H and O–H groups in total. The molecule has 0 heterocycles. The molecule has 0 aliphatic carbocycles. The van der Waals surface area contributed by atoms with Gasteiger partial charge in [-0.25, -0.2) is 4.79 Å². The van der Waals surface area contributed by atoms with Crippen LogP contribution in [-0.4, -0.2) is 11.1 Å². The van der Waals surface area contributed by atoms with E-state index in [1.54, 1.807) is 12.1 Å². The first kappa shape index (κ1) is 15.7. The lowest BCUT2D eigenvalue weighted by atomic mass is 9.91. The van der Waals surface area contributed by atoms with Crippen molar-refractivity contribution in [3.05, 3.63) is 35.4 Å². The fourth-order valence-electron chi connectivity index (χ4n) is 2.43. The standard InChI is InChI=1S/C17H26O2/c1-3-5-6-7-8-14(4-2)13-15-9-11-16(12-10-15)17(18)19/h9-12,14H,3-8,13H2,1-2H3,(H,18,19). The largest absolute Gasteiger partial charge is 0.478 e. The summed E-state index contributed by atoms with van der Waals surface area (Å²) >= 11 is 0. The van der Waals surface area contributed by atoms with Gasteiger partial charge < -0.3 is 5.11 Å². The van der Waals surface area contributed by atoms with Gasteiger partial charge in [-0.1, -0.05) is 64.5 Å². The molecule has 0 radical (unpaired) electrons. The number of carboxylic acids is 1. The van der Waals surface area contributed by atoms with E-state index in [0.29, 0.717) is 5.56 Å². The summed E-state index contributed by atoms with van der Waals surface area (Å²) in [5.74, 6) is -0.120. The van der Waals surface area contributed by atoms with Crippen LogP contribution in [0.3, 0.4) is 0 Å². The van der Waals surface area contributed by atoms with Gasteiger partial charge in [-0.3, -0.25) is 0 Å². The van der Waals surface area contributed by atoms with E-state index >= 15 is 0 Å². The maximum absolute atomic E-state index is 10.8. The van der Waals surface area contributed by atoms with E-state index in [1.807, 2.05) is 12.1 Å². The van der Waals surface area contributed by atoms with Crippen molar-refractivity contribution in [1.82, 2.24) is 0 Å². The maximum atomic E-state index is 10.8. The fraction of sp³-hybridized carbons (Fsp3) is 0.588. The molecule has 1 rings (SSSR count). The predicted octanol–water partition coefficient (Wildman–Crippen LogP) is 4.92. The molecule has 0 saturated heterocycles. The average molecular weight is 262 g/mol. The maximum Gasteiger partial charge on any atom is 0.335 e. The number of carbonyl (C=O) groups is 1. The monoisotopic (exact) mass is 262 g/mol. The quantitative estimate of drug-likeness (QED) is 0.641. The molecular formula is C17H26O2. The van der Waals surface area contributed by atoms with E-state index < -0.39 is 5.97 Å². The SMILES string of the molecule is CCCCCCC(CC)Cc1ccc(C(=O)O)cc1. The van der Waals surface area contributed by atoms with Crippen molar-refractivity contribution < 1.29 is 9.90 Å². The van der Waals surface area contributed by atoms with Crippen molar-refractivity contribution in [2.24, 2.45) is 5.92 Å². The number of carboxylic acid groups (broad SMARTS) is 1. The van der Waals surface area contributed by atoms with Crippen LogP contribution in [0.1, 0.15) is 68.3 Å². The summed E-state index contributed by atoms with van der Waals surface area (Å²) in [4.78, 5) is 10.8. The third-order valence-corrected chi connectivity index (χ3v) is 3.77. The van der Waals surface area contributed by atoms with Gasteiger partial charge >= 0.3 is 5.97 Å². The van der Waals surface area contributed by atoms with Crippen molar-refractivity contribution in [1.29, 1.82) is 0 Å². The molecule has 106 valence electrons. The molecule has 19 heavy (non-hydrogen) atoms. The van der Waals surface area contributed by atoms with Crippen LogP contribution in [0.4, 0.5) is 0 Å². The van der Waals surface area contributed by atoms with Gasteiger partial charge in [0.1, 0.15) is 0 Å². The Labute approximate surface area is 116 Å². The van der Waals surface area contributed by atoms with E-state index in [1.165, 1.54) is 44.1 Å². The number of rotatable bonds is 9. The van der Waals surface area contributed by atoms with Gasteiger partial charge in [0.25, 0.3) is 0 Å². The summed E-state index contributed by atoms with van der Waals surface area (Å²) in [6.45, 7) is 4.48. The summed E-state index contributed by atoms with van der Waals surface area (Å²) in [7, 11) is 0. The van der Waals surface area contributed by atoms with Gasteiger partial charge in [0.15, 0.2) is 0 Å². The summed E-state index contributed by atoms with van der Waals surface area (Å²) in [6, 6.07) is 7.33. The third kappa shape index (κ3) is 5.91. The molecule has 0 spiro atoms. The van der Waals surface area contributed by atoms with Gasteiger partial charge in [-0.05, 0) is 30.0 Å². The Kier molecular flexibility index (Phi) is 7.24. The summed E-state index contributed by atoms with van der Waals surface area (Å²) in [5, 5.41) is 8.87. The first-order valence-electron chi connectivity index (χ1n) is 7.49. The van der Waals surface area contributed by atoms with Gasteiger partial charge in [-0.2, -0.15) is 0 Å². The van der Waals surface area contributed by atoms with Crippen LogP contribution in [0.5, 0.6) is 0 Å².